The predicted octanol–water partition coefficient (Wildman–Crippen LogP) is 1.93. The van der Waals surface area contributed by atoms with E-state index < -0.39 is 0 Å². The third-order valence-corrected chi connectivity index (χ3v) is 3.66. The van der Waals surface area contributed by atoms with Crippen molar-refractivity contribution < 1.29 is 8.91 Å². The summed E-state index contributed by atoms with van der Waals surface area (Å²) < 4.78 is 19.1. The number of hydrogen-bond acceptors (Lipinski definition) is 5. The van der Waals surface area contributed by atoms with Gasteiger partial charge in [-0.25, -0.2) is 4.39 Å². The summed E-state index contributed by atoms with van der Waals surface area (Å²) >= 11 is 0. The van der Waals surface area contributed by atoms with Crippen molar-refractivity contribution in [3.8, 4) is 0 Å². The minimum absolute atomic E-state index is 0.187. The Morgan fingerprint density at radius 3 is 3.05 bits per heavy atom. The van der Waals surface area contributed by atoms with E-state index >= 15 is 0 Å². The van der Waals surface area contributed by atoms with Crippen LogP contribution in [0.1, 0.15) is 29.3 Å². The van der Waals surface area contributed by atoms with Crippen LogP contribution < -0.4 is 10.6 Å². The van der Waals surface area contributed by atoms with Gasteiger partial charge in [-0.15, -0.1) is 0 Å². The highest BCUT2D eigenvalue weighted by Crippen LogP contribution is 2.33. The molecule has 0 atom stereocenters. The van der Waals surface area contributed by atoms with E-state index in [-0.39, 0.29) is 12.4 Å². The van der Waals surface area contributed by atoms with E-state index in [2.05, 4.69) is 10.1 Å². The molecule has 0 fully saturated rings. The zero-order chi connectivity index (χ0) is 14.1. The van der Waals surface area contributed by atoms with E-state index in [1.807, 2.05) is 17.9 Å². The number of benzene rings is 1. The van der Waals surface area contributed by atoms with Crippen LogP contribution in [0.25, 0.3) is 0 Å². The molecule has 5 nitrogen and oxygen atoms in total. The summed E-state index contributed by atoms with van der Waals surface area (Å²) in [5.74, 6) is 0.758. The fourth-order valence-corrected chi connectivity index (χ4v) is 2.69. The quantitative estimate of drug-likeness (QED) is 0.927. The summed E-state index contributed by atoms with van der Waals surface area (Å²) in [7, 11) is 0. The molecule has 20 heavy (non-hydrogen) atoms. The fourth-order valence-electron chi connectivity index (χ4n) is 2.69. The first kappa shape index (κ1) is 13.1. The van der Waals surface area contributed by atoms with E-state index in [0.29, 0.717) is 23.9 Å². The molecule has 0 saturated heterocycles. The fraction of sp³-hybridized carbons (Fsp3) is 0.429. The summed E-state index contributed by atoms with van der Waals surface area (Å²) in [6.45, 7) is 3.47. The molecule has 106 valence electrons. The van der Waals surface area contributed by atoms with Crippen LogP contribution in [0.4, 0.5) is 10.1 Å². The topological polar surface area (TPSA) is 68.2 Å². The second-order valence-corrected chi connectivity index (χ2v) is 5.03. The molecule has 0 aliphatic carbocycles. The molecule has 1 aromatic heterocycles. The van der Waals surface area contributed by atoms with E-state index in [1.165, 1.54) is 6.07 Å². The predicted molar refractivity (Wildman–Crippen MR) is 72.7 cm³/mol. The number of nitrogens with zero attached hydrogens (tertiary/aromatic N) is 3. The van der Waals surface area contributed by atoms with Gasteiger partial charge in [-0.2, -0.15) is 4.98 Å². The van der Waals surface area contributed by atoms with Crippen LogP contribution in [-0.4, -0.2) is 16.7 Å². The molecule has 1 aromatic carbocycles. The molecule has 2 N–H and O–H groups in total. The van der Waals surface area contributed by atoms with Crippen molar-refractivity contribution in [2.24, 2.45) is 5.73 Å². The van der Waals surface area contributed by atoms with Crippen LogP contribution in [0.5, 0.6) is 0 Å². The van der Waals surface area contributed by atoms with Crippen LogP contribution in [0, 0.1) is 12.7 Å². The molecule has 0 unspecified atom stereocenters. The lowest BCUT2D eigenvalue weighted by Crippen LogP contribution is -2.30. The maximum Gasteiger partial charge on any atom is 0.240 e. The van der Waals surface area contributed by atoms with E-state index in [4.69, 9.17) is 10.3 Å². The van der Waals surface area contributed by atoms with Crippen molar-refractivity contribution in [1.82, 2.24) is 10.1 Å². The van der Waals surface area contributed by atoms with Gasteiger partial charge in [-0.3, -0.25) is 0 Å². The van der Waals surface area contributed by atoms with Gasteiger partial charge in [0.15, 0.2) is 5.82 Å². The van der Waals surface area contributed by atoms with Gasteiger partial charge in [0, 0.05) is 6.54 Å². The molecule has 1 aliphatic rings. The number of halogens is 1. The van der Waals surface area contributed by atoms with Crippen LogP contribution in [-0.2, 0) is 19.5 Å². The second kappa shape index (κ2) is 5.20. The molecule has 2 heterocycles. The molecule has 2 aromatic rings. The number of anilines is 1. The molecule has 3 rings (SSSR count). The van der Waals surface area contributed by atoms with Gasteiger partial charge in [-0.05, 0) is 37.0 Å². The molecule has 6 heteroatoms. The van der Waals surface area contributed by atoms with Crippen LogP contribution in [0.2, 0.25) is 0 Å². The third kappa shape index (κ3) is 2.27. The minimum Gasteiger partial charge on any atom is -0.361 e. The summed E-state index contributed by atoms with van der Waals surface area (Å²) in [6.07, 6.45) is 1.91. The average molecular weight is 276 g/mol. The Kier molecular flexibility index (Phi) is 3.40. The van der Waals surface area contributed by atoms with Crippen molar-refractivity contribution >= 4 is 5.69 Å². The first-order valence-corrected chi connectivity index (χ1v) is 6.73. The number of hydrogen-bond donors (Lipinski definition) is 1. The van der Waals surface area contributed by atoms with Gasteiger partial charge in [0.05, 0.1) is 18.8 Å². The molecule has 0 spiro atoms. The lowest BCUT2D eigenvalue weighted by Gasteiger charge is -2.31. The Labute approximate surface area is 116 Å². The summed E-state index contributed by atoms with van der Waals surface area (Å²) in [4.78, 5) is 6.16. The van der Waals surface area contributed by atoms with Gasteiger partial charge in [0.1, 0.15) is 5.82 Å². The largest absolute Gasteiger partial charge is 0.361 e. The van der Waals surface area contributed by atoms with Crippen molar-refractivity contribution in [2.75, 3.05) is 11.4 Å². The maximum absolute atomic E-state index is 14.1. The summed E-state index contributed by atoms with van der Waals surface area (Å²) in [5.41, 5.74) is 8.33. The molecule has 0 radical (unpaired) electrons. The van der Waals surface area contributed by atoms with Gasteiger partial charge in [-0.1, -0.05) is 11.2 Å². The number of aromatic nitrogens is 2. The van der Waals surface area contributed by atoms with Crippen molar-refractivity contribution in [1.29, 1.82) is 0 Å². The smallest absolute Gasteiger partial charge is 0.240 e. The van der Waals surface area contributed by atoms with Crippen LogP contribution >= 0.6 is 0 Å². The van der Waals surface area contributed by atoms with E-state index in [0.717, 1.165) is 30.5 Å². The van der Waals surface area contributed by atoms with E-state index in [1.54, 1.807) is 0 Å². The average Bonchev–Trinajstić information content (AvgIpc) is 2.91. The Hall–Kier alpha value is -1.95. The second-order valence-electron chi connectivity index (χ2n) is 5.03. The third-order valence-electron chi connectivity index (χ3n) is 3.66. The standard InChI is InChI=1S/C14H17FN4O/c1-9-4-5-11(15)14-10(9)3-2-6-19(14)8-12-17-13(7-16)20-18-12/h4-5H,2-3,6-8,16H2,1H3. The van der Waals surface area contributed by atoms with Gasteiger partial charge < -0.3 is 15.2 Å². The highest BCUT2D eigenvalue weighted by Gasteiger charge is 2.23. The first-order valence-electron chi connectivity index (χ1n) is 6.73. The maximum atomic E-state index is 14.1. The monoisotopic (exact) mass is 276 g/mol. The lowest BCUT2D eigenvalue weighted by atomic mass is 9.96. The Morgan fingerprint density at radius 1 is 1.45 bits per heavy atom. The molecular weight excluding hydrogens is 259 g/mol. The molecule has 1 aliphatic heterocycles. The van der Waals surface area contributed by atoms with Gasteiger partial charge in [0.2, 0.25) is 5.89 Å². The minimum atomic E-state index is -0.187. The highest BCUT2D eigenvalue weighted by atomic mass is 19.1. The molecule has 0 amide bonds. The normalized spacial score (nSPS) is 14.4. The van der Waals surface area contributed by atoms with Crippen molar-refractivity contribution in [2.45, 2.75) is 32.9 Å². The van der Waals surface area contributed by atoms with Gasteiger partial charge >= 0.3 is 0 Å². The Balaban J connectivity index is 1.91. The van der Waals surface area contributed by atoms with Crippen LogP contribution in [0.3, 0.4) is 0 Å². The molecular formula is C14H17FN4O. The first-order chi connectivity index (χ1) is 9.69. The number of aryl methyl sites for hydroxylation is 1. The Morgan fingerprint density at radius 2 is 2.30 bits per heavy atom. The lowest BCUT2D eigenvalue weighted by molar-refractivity contribution is 0.374. The molecule has 0 bridgehead atoms. The summed E-state index contributed by atoms with van der Waals surface area (Å²) in [6, 6.07) is 3.35. The Bertz CT molecular complexity index is 626. The number of rotatable bonds is 3. The van der Waals surface area contributed by atoms with Gasteiger partial charge in [0.25, 0.3) is 0 Å². The number of nitrogens with two attached hydrogens (primary N) is 1. The highest BCUT2D eigenvalue weighted by molar-refractivity contribution is 5.59. The van der Waals surface area contributed by atoms with Crippen molar-refractivity contribution in [3.63, 3.8) is 0 Å². The molecule has 0 saturated carbocycles. The van der Waals surface area contributed by atoms with Crippen molar-refractivity contribution in [3.05, 3.63) is 40.8 Å². The SMILES string of the molecule is Cc1ccc(F)c2c1CCCN2Cc1noc(CN)n1. The zero-order valence-corrected chi connectivity index (χ0v) is 11.4. The summed E-state index contributed by atoms with van der Waals surface area (Å²) in [5, 5.41) is 3.88. The van der Waals surface area contributed by atoms with E-state index in [9.17, 15) is 4.39 Å². The van der Waals surface area contributed by atoms with Crippen LogP contribution in [0.15, 0.2) is 16.7 Å². The zero-order valence-electron chi connectivity index (χ0n) is 11.4. The number of fused-ring (bicyclic) bond motifs is 1.